The van der Waals surface area contributed by atoms with Gasteiger partial charge in [0.05, 0.1) is 17.4 Å². The minimum Gasteiger partial charge on any atom is -0.358 e. The maximum absolute atomic E-state index is 4.37. The Morgan fingerprint density at radius 2 is 2.07 bits per heavy atom. The number of imidazole rings is 1. The highest BCUT2D eigenvalue weighted by atomic mass is 15.0. The van der Waals surface area contributed by atoms with Crippen LogP contribution in [0.2, 0.25) is 0 Å². The smallest absolute Gasteiger partial charge is 0.0955 e. The number of aromatic nitrogens is 3. The molecule has 1 aromatic carbocycles. The Hall–Kier alpha value is -1.77. The van der Waals surface area contributed by atoms with Gasteiger partial charge in [0.25, 0.3) is 0 Å². The molecule has 0 fully saturated rings. The zero-order chi connectivity index (χ0) is 10.6. The van der Waals surface area contributed by atoms with Gasteiger partial charge in [-0.05, 0) is 31.5 Å². The fourth-order valence-corrected chi connectivity index (χ4v) is 2.21. The Labute approximate surface area is 87.7 Å². The molecule has 3 heteroatoms. The summed E-state index contributed by atoms with van der Waals surface area (Å²) in [6, 6.07) is 4.16. The van der Waals surface area contributed by atoms with Gasteiger partial charge < -0.3 is 9.55 Å². The van der Waals surface area contributed by atoms with Crippen molar-refractivity contribution in [2.75, 3.05) is 0 Å². The van der Waals surface area contributed by atoms with E-state index >= 15 is 0 Å². The van der Waals surface area contributed by atoms with E-state index in [1.54, 1.807) is 0 Å². The van der Waals surface area contributed by atoms with Gasteiger partial charge in [-0.1, -0.05) is 0 Å². The summed E-state index contributed by atoms with van der Waals surface area (Å²) < 4.78 is 2.08. The number of nitrogens with one attached hydrogen (secondary N) is 1. The molecule has 0 saturated carbocycles. The van der Waals surface area contributed by atoms with E-state index < -0.39 is 0 Å². The SMILES string of the molecule is Cc1[nH]c2ccc3ncn(C)c3c2c1C. The van der Waals surface area contributed by atoms with Gasteiger partial charge in [0.15, 0.2) is 0 Å². The molecule has 0 unspecified atom stereocenters. The van der Waals surface area contributed by atoms with Crippen LogP contribution in [0, 0.1) is 13.8 Å². The van der Waals surface area contributed by atoms with Crippen LogP contribution in [-0.2, 0) is 7.05 Å². The lowest BCUT2D eigenvalue weighted by Gasteiger charge is -1.98. The Kier molecular flexibility index (Phi) is 1.49. The second kappa shape index (κ2) is 2.63. The third kappa shape index (κ3) is 0.975. The summed E-state index contributed by atoms with van der Waals surface area (Å²) in [5.41, 5.74) is 6.03. The first-order valence-electron chi connectivity index (χ1n) is 5.07. The van der Waals surface area contributed by atoms with Crippen LogP contribution in [0.5, 0.6) is 0 Å². The van der Waals surface area contributed by atoms with Crippen molar-refractivity contribution >= 4 is 21.9 Å². The minimum atomic E-state index is 1.06. The molecular formula is C12H13N3. The predicted octanol–water partition coefficient (Wildman–Crippen LogP) is 2.67. The second-order valence-corrected chi connectivity index (χ2v) is 4.09. The third-order valence-electron chi connectivity index (χ3n) is 3.14. The van der Waals surface area contributed by atoms with Gasteiger partial charge in [-0.15, -0.1) is 0 Å². The first kappa shape index (κ1) is 8.53. The molecule has 0 aliphatic heterocycles. The Balaban J connectivity index is 2.67. The summed E-state index contributed by atoms with van der Waals surface area (Å²) in [5, 5.41) is 1.30. The molecule has 3 aromatic rings. The van der Waals surface area contributed by atoms with E-state index in [-0.39, 0.29) is 0 Å². The molecule has 0 aliphatic rings. The number of rotatable bonds is 0. The fourth-order valence-electron chi connectivity index (χ4n) is 2.21. The summed E-state index contributed by atoms with van der Waals surface area (Å²) in [6.07, 6.45) is 1.87. The molecule has 2 aromatic heterocycles. The molecule has 76 valence electrons. The second-order valence-electron chi connectivity index (χ2n) is 4.09. The molecule has 0 bridgehead atoms. The monoisotopic (exact) mass is 199 g/mol. The van der Waals surface area contributed by atoms with E-state index in [9.17, 15) is 0 Å². The van der Waals surface area contributed by atoms with Gasteiger partial charge in [0, 0.05) is 23.6 Å². The Morgan fingerprint density at radius 1 is 1.27 bits per heavy atom. The molecule has 0 aliphatic carbocycles. The standard InChI is InChI=1S/C12H13N3/c1-7-8(2)14-9-4-5-10-12(11(7)9)15(3)6-13-10/h4-6,14H,1-3H3. The largest absolute Gasteiger partial charge is 0.358 e. The average Bonchev–Trinajstić information content (AvgIpc) is 2.71. The number of hydrogen-bond donors (Lipinski definition) is 1. The van der Waals surface area contributed by atoms with Crippen LogP contribution in [0.3, 0.4) is 0 Å². The van der Waals surface area contributed by atoms with E-state index in [0.29, 0.717) is 0 Å². The fraction of sp³-hybridized carbons (Fsp3) is 0.250. The van der Waals surface area contributed by atoms with Gasteiger partial charge >= 0.3 is 0 Å². The summed E-state index contributed by atoms with van der Waals surface area (Å²) in [4.78, 5) is 7.76. The number of aromatic amines is 1. The molecule has 0 amide bonds. The first-order chi connectivity index (χ1) is 7.18. The number of aryl methyl sites for hydroxylation is 3. The van der Waals surface area contributed by atoms with Crippen molar-refractivity contribution in [1.29, 1.82) is 0 Å². The zero-order valence-corrected chi connectivity index (χ0v) is 9.13. The molecule has 0 radical (unpaired) electrons. The number of nitrogens with zero attached hydrogens (tertiary/aromatic N) is 2. The van der Waals surface area contributed by atoms with E-state index in [1.807, 2.05) is 13.4 Å². The van der Waals surface area contributed by atoms with E-state index in [2.05, 4.69) is 40.5 Å². The van der Waals surface area contributed by atoms with Crippen LogP contribution in [0.4, 0.5) is 0 Å². The molecule has 3 nitrogen and oxygen atoms in total. The lowest BCUT2D eigenvalue weighted by Crippen LogP contribution is -1.85. The highest BCUT2D eigenvalue weighted by Crippen LogP contribution is 2.28. The molecule has 0 atom stereocenters. The molecule has 2 heterocycles. The van der Waals surface area contributed by atoms with Crippen LogP contribution in [-0.4, -0.2) is 14.5 Å². The molecule has 1 N–H and O–H groups in total. The lowest BCUT2D eigenvalue weighted by molar-refractivity contribution is 0.950. The minimum absolute atomic E-state index is 1.06. The molecule has 3 rings (SSSR count). The zero-order valence-electron chi connectivity index (χ0n) is 9.13. The van der Waals surface area contributed by atoms with Crippen molar-refractivity contribution in [2.45, 2.75) is 13.8 Å². The van der Waals surface area contributed by atoms with Gasteiger partial charge in [-0.2, -0.15) is 0 Å². The number of benzene rings is 1. The molecular weight excluding hydrogens is 186 g/mol. The molecule has 15 heavy (non-hydrogen) atoms. The number of fused-ring (bicyclic) bond motifs is 3. The number of hydrogen-bond acceptors (Lipinski definition) is 1. The van der Waals surface area contributed by atoms with E-state index in [0.717, 1.165) is 5.52 Å². The molecule has 0 spiro atoms. The summed E-state index contributed by atoms with van der Waals surface area (Å²) in [6.45, 7) is 4.26. The average molecular weight is 199 g/mol. The third-order valence-corrected chi connectivity index (χ3v) is 3.14. The summed E-state index contributed by atoms with van der Waals surface area (Å²) in [7, 11) is 2.04. The maximum atomic E-state index is 4.37. The van der Waals surface area contributed by atoms with Crippen molar-refractivity contribution in [3.63, 3.8) is 0 Å². The van der Waals surface area contributed by atoms with Gasteiger partial charge in [-0.25, -0.2) is 4.98 Å². The molecule has 0 saturated heterocycles. The number of H-pyrrole nitrogens is 1. The van der Waals surface area contributed by atoms with Gasteiger partial charge in [-0.3, -0.25) is 0 Å². The van der Waals surface area contributed by atoms with Crippen LogP contribution in [0.15, 0.2) is 18.5 Å². The summed E-state index contributed by atoms with van der Waals surface area (Å²) >= 11 is 0. The van der Waals surface area contributed by atoms with Crippen molar-refractivity contribution in [2.24, 2.45) is 7.05 Å². The van der Waals surface area contributed by atoms with E-state index in [4.69, 9.17) is 0 Å². The maximum Gasteiger partial charge on any atom is 0.0955 e. The van der Waals surface area contributed by atoms with Crippen LogP contribution in [0.1, 0.15) is 11.3 Å². The topological polar surface area (TPSA) is 33.6 Å². The normalized spacial score (nSPS) is 11.7. The Morgan fingerprint density at radius 3 is 2.87 bits per heavy atom. The van der Waals surface area contributed by atoms with Gasteiger partial charge in [0.1, 0.15) is 0 Å². The highest BCUT2D eigenvalue weighted by molar-refractivity contribution is 6.05. The first-order valence-corrected chi connectivity index (χ1v) is 5.07. The van der Waals surface area contributed by atoms with Crippen molar-refractivity contribution in [1.82, 2.24) is 14.5 Å². The summed E-state index contributed by atoms with van der Waals surface area (Å²) in [5.74, 6) is 0. The van der Waals surface area contributed by atoms with Gasteiger partial charge in [0.2, 0.25) is 0 Å². The quantitative estimate of drug-likeness (QED) is 0.593. The van der Waals surface area contributed by atoms with E-state index in [1.165, 1.54) is 27.7 Å². The van der Waals surface area contributed by atoms with Crippen LogP contribution < -0.4 is 0 Å². The predicted molar refractivity (Wildman–Crippen MR) is 62.0 cm³/mol. The van der Waals surface area contributed by atoms with Crippen molar-refractivity contribution in [3.05, 3.63) is 29.7 Å². The van der Waals surface area contributed by atoms with Crippen LogP contribution in [0.25, 0.3) is 21.9 Å². The van der Waals surface area contributed by atoms with Crippen LogP contribution >= 0.6 is 0 Å². The van der Waals surface area contributed by atoms with Crippen molar-refractivity contribution < 1.29 is 0 Å². The lowest BCUT2D eigenvalue weighted by atomic mass is 10.1. The Bertz CT molecular complexity index is 658. The highest BCUT2D eigenvalue weighted by Gasteiger charge is 2.10. The van der Waals surface area contributed by atoms with Crippen molar-refractivity contribution in [3.8, 4) is 0 Å².